The fourth-order valence-corrected chi connectivity index (χ4v) is 3.67. The van der Waals surface area contributed by atoms with Crippen LogP contribution in [0.4, 0.5) is 0 Å². The Morgan fingerprint density at radius 2 is 1.74 bits per heavy atom. The van der Waals surface area contributed by atoms with Gasteiger partial charge in [-0.1, -0.05) is 27.2 Å². The van der Waals surface area contributed by atoms with E-state index < -0.39 is 5.60 Å². The third kappa shape index (κ3) is 4.71. The summed E-state index contributed by atoms with van der Waals surface area (Å²) < 4.78 is 0. The fourth-order valence-electron chi connectivity index (χ4n) is 3.67. The number of nitrogens with zero attached hydrogens (tertiary/aromatic N) is 1. The Bertz CT molecular complexity index is 254. The van der Waals surface area contributed by atoms with Crippen LogP contribution < -0.4 is 0 Å². The zero-order valence-corrected chi connectivity index (χ0v) is 12.7. The zero-order chi connectivity index (χ0) is 14.5. The number of aliphatic hydroxyl groups is 3. The van der Waals surface area contributed by atoms with Crippen LogP contribution in [0.3, 0.4) is 0 Å². The van der Waals surface area contributed by atoms with Gasteiger partial charge in [0.05, 0.1) is 18.8 Å². The molecule has 0 aromatic heterocycles. The lowest BCUT2D eigenvalue weighted by molar-refractivity contribution is -0.101. The van der Waals surface area contributed by atoms with Gasteiger partial charge in [-0.2, -0.15) is 0 Å². The van der Waals surface area contributed by atoms with Gasteiger partial charge in [0, 0.05) is 19.6 Å². The van der Waals surface area contributed by atoms with Crippen molar-refractivity contribution in [2.24, 2.45) is 17.8 Å². The molecule has 0 saturated heterocycles. The third-order valence-corrected chi connectivity index (χ3v) is 4.50. The van der Waals surface area contributed by atoms with Crippen LogP contribution in [0.1, 0.15) is 40.0 Å². The molecule has 3 unspecified atom stereocenters. The Kier molecular flexibility index (Phi) is 6.74. The van der Waals surface area contributed by atoms with Gasteiger partial charge in [-0.25, -0.2) is 0 Å². The minimum absolute atomic E-state index is 0.0674. The standard InChI is InChI=1S/C15H31NO3/c1-12(2)14-5-4-13(3)10-15(14,19)11-16(6-8-17)7-9-18/h12-14,17-19H,4-11H2,1-3H3. The van der Waals surface area contributed by atoms with Crippen molar-refractivity contribution >= 4 is 0 Å². The van der Waals surface area contributed by atoms with Crippen molar-refractivity contribution in [2.75, 3.05) is 32.8 Å². The van der Waals surface area contributed by atoms with E-state index in [1.54, 1.807) is 0 Å². The van der Waals surface area contributed by atoms with E-state index in [2.05, 4.69) is 20.8 Å². The molecule has 1 aliphatic carbocycles. The van der Waals surface area contributed by atoms with Gasteiger partial charge in [0.2, 0.25) is 0 Å². The molecule has 19 heavy (non-hydrogen) atoms. The number of hydrogen-bond donors (Lipinski definition) is 3. The molecular formula is C15H31NO3. The Morgan fingerprint density at radius 3 is 2.21 bits per heavy atom. The third-order valence-electron chi connectivity index (χ3n) is 4.50. The Balaban J connectivity index is 2.76. The summed E-state index contributed by atoms with van der Waals surface area (Å²) >= 11 is 0. The molecule has 0 radical (unpaired) electrons. The Hall–Kier alpha value is -0.160. The molecule has 3 atom stereocenters. The van der Waals surface area contributed by atoms with Crippen LogP contribution in [0.25, 0.3) is 0 Å². The van der Waals surface area contributed by atoms with E-state index in [4.69, 9.17) is 10.2 Å². The van der Waals surface area contributed by atoms with Gasteiger partial charge in [0.1, 0.15) is 0 Å². The minimum Gasteiger partial charge on any atom is -0.395 e. The van der Waals surface area contributed by atoms with Crippen molar-refractivity contribution < 1.29 is 15.3 Å². The first kappa shape index (κ1) is 16.9. The first-order chi connectivity index (χ1) is 8.92. The second-order valence-corrected chi connectivity index (χ2v) is 6.56. The van der Waals surface area contributed by atoms with Crippen molar-refractivity contribution in [2.45, 2.75) is 45.6 Å². The Labute approximate surface area is 117 Å². The van der Waals surface area contributed by atoms with Gasteiger partial charge < -0.3 is 15.3 Å². The van der Waals surface area contributed by atoms with E-state index in [0.29, 0.717) is 37.4 Å². The van der Waals surface area contributed by atoms with E-state index in [1.807, 2.05) is 4.90 Å². The van der Waals surface area contributed by atoms with Crippen molar-refractivity contribution in [1.29, 1.82) is 0 Å². The number of rotatable bonds is 7. The molecule has 0 aromatic rings. The van der Waals surface area contributed by atoms with E-state index in [-0.39, 0.29) is 13.2 Å². The van der Waals surface area contributed by atoms with Gasteiger partial charge >= 0.3 is 0 Å². The van der Waals surface area contributed by atoms with Crippen LogP contribution in [0.2, 0.25) is 0 Å². The zero-order valence-electron chi connectivity index (χ0n) is 12.7. The van der Waals surface area contributed by atoms with Crippen molar-refractivity contribution in [3.05, 3.63) is 0 Å². The molecule has 1 fully saturated rings. The predicted octanol–water partition coefficient (Wildman–Crippen LogP) is 1.10. The SMILES string of the molecule is CC1CCC(C(C)C)C(O)(CN(CCO)CCO)C1. The molecule has 4 nitrogen and oxygen atoms in total. The minimum atomic E-state index is -0.684. The smallest absolute Gasteiger partial charge is 0.0807 e. The van der Waals surface area contributed by atoms with Gasteiger partial charge in [-0.15, -0.1) is 0 Å². The largest absolute Gasteiger partial charge is 0.395 e. The average molecular weight is 273 g/mol. The maximum atomic E-state index is 11.1. The molecule has 4 heteroatoms. The highest BCUT2D eigenvalue weighted by Crippen LogP contribution is 2.41. The van der Waals surface area contributed by atoms with Crippen LogP contribution in [0.15, 0.2) is 0 Å². The fraction of sp³-hybridized carbons (Fsp3) is 1.00. The summed E-state index contributed by atoms with van der Waals surface area (Å²) in [5.41, 5.74) is -0.684. The summed E-state index contributed by atoms with van der Waals surface area (Å²) in [7, 11) is 0. The molecule has 1 rings (SSSR count). The van der Waals surface area contributed by atoms with Crippen molar-refractivity contribution in [3.8, 4) is 0 Å². The van der Waals surface area contributed by atoms with Gasteiger partial charge in [-0.3, -0.25) is 4.90 Å². The van der Waals surface area contributed by atoms with Crippen LogP contribution in [0.5, 0.6) is 0 Å². The molecule has 3 N–H and O–H groups in total. The highest BCUT2D eigenvalue weighted by molar-refractivity contribution is 4.95. The number of aliphatic hydroxyl groups excluding tert-OH is 2. The summed E-state index contributed by atoms with van der Waals surface area (Å²) in [5.74, 6) is 1.32. The first-order valence-corrected chi connectivity index (χ1v) is 7.59. The predicted molar refractivity (Wildman–Crippen MR) is 76.9 cm³/mol. The highest BCUT2D eigenvalue weighted by atomic mass is 16.3. The molecule has 0 bridgehead atoms. The van der Waals surface area contributed by atoms with E-state index in [1.165, 1.54) is 6.42 Å². The van der Waals surface area contributed by atoms with Crippen LogP contribution >= 0.6 is 0 Å². The Morgan fingerprint density at radius 1 is 1.16 bits per heavy atom. The lowest BCUT2D eigenvalue weighted by atomic mass is 9.67. The summed E-state index contributed by atoms with van der Waals surface area (Å²) in [6.45, 7) is 8.27. The molecule has 0 spiro atoms. The molecular weight excluding hydrogens is 242 g/mol. The molecule has 1 aliphatic rings. The summed E-state index contributed by atoms with van der Waals surface area (Å²) in [5, 5.41) is 29.3. The quantitative estimate of drug-likeness (QED) is 0.650. The van der Waals surface area contributed by atoms with Crippen molar-refractivity contribution in [1.82, 2.24) is 4.90 Å². The molecule has 1 saturated carbocycles. The lowest BCUT2D eigenvalue weighted by Gasteiger charge is -2.47. The first-order valence-electron chi connectivity index (χ1n) is 7.59. The summed E-state index contributed by atoms with van der Waals surface area (Å²) in [6.07, 6.45) is 3.08. The summed E-state index contributed by atoms with van der Waals surface area (Å²) in [4.78, 5) is 1.98. The van der Waals surface area contributed by atoms with Crippen LogP contribution in [-0.4, -0.2) is 58.7 Å². The van der Waals surface area contributed by atoms with Gasteiger partial charge in [0.15, 0.2) is 0 Å². The highest BCUT2D eigenvalue weighted by Gasteiger charge is 2.43. The topological polar surface area (TPSA) is 63.9 Å². The summed E-state index contributed by atoms with van der Waals surface area (Å²) in [6, 6.07) is 0. The second-order valence-electron chi connectivity index (χ2n) is 6.56. The maximum Gasteiger partial charge on any atom is 0.0807 e. The second kappa shape index (κ2) is 7.58. The van der Waals surface area contributed by atoms with E-state index in [9.17, 15) is 5.11 Å². The van der Waals surface area contributed by atoms with Gasteiger partial charge in [-0.05, 0) is 30.6 Å². The van der Waals surface area contributed by atoms with Gasteiger partial charge in [0.25, 0.3) is 0 Å². The molecule has 0 heterocycles. The maximum absolute atomic E-state index is 11.1. The van der Waals surface area contributed by atoms with Crippen LogP contribution in [-0.2, 0) is 0 Å². The van der Waals surface area contributed by atoms with E-state index in [0.717, 1.165) is 12.8 Å². The normalized spacial score (nSPS) is 32.2. The lowest BCUT2D eigenvalue weighted by Crippen LogP contribution is -2.54. The molecule has 0 aromatic carbocycles. The number of hydrogen-bond acceptors (Lipinski definition) is 4. The van der Waals surface area contributed by atoms with Crippen LogP contribution in [0, 0.1) is 17.8 Å². The molecule has 0 aliphatic heterocycles. The molecule has 0 amide bonds. The average Bonchev–Trinajstić information content (AvgIpc) is 2.28. The van der Waals surface area contributed by atoms with Crippen molar-refractivity contribution in [3.63, 3.8) is 0 Å². The molecule has 114 valence electrons. The monoisotopic (exact) mass is 273 g/mol. The van der Waals surface area contributed by atoms with E-state index >= 15 is 0 Å².